The second-order valence-corrected chi connectivity index (χ2v) is 8.27. The molecule has 0 bridgehead atoms. The Morgan fingerprint density at radius 3 is 2.40 bits per heavy atom. The van der Waals surface area contributed by atoms with Crippen LogP contribution in [0, 0.1) is 12.9 Å². The van der Waals surface area contributed by atoms with Gasteiger partial charge in [-0.05, 0) is 38.5 Å². The molecule has 3 rings (SSSR count). The zero-order valence-corrected chi connectivity index (χ0v) is 18.9. The molecule has 2 heterocycles. The normalized spacial score (nSPS) is 17.7. The first-order valence-electron chi connectivity index (χ1n) is 9.91. The molecule has 0 aliphatic carbocycles. The summed E-state index contributed by atoms with van der Waals surface area (Å²) < 4.78 is 14.3. The summed E-state index contributed by atoms with van der Waals surface area (Å²) in [5.74, 6) is -0.295. The van der Waals surface area contributed by atoms with Crippen LogP contribution in [0.4, 0.5) is 4.39 Å². The molecular formula is C23H26Cl2FN3O. The van der Waals surface area contributed by atoms with Crippen LogP contribution in [0.5, 0.6) is 5.75 Å². The molecule has 1 aromatic heterocycles. The molecule has 1 aliphatic heterocycles. The molecule has 1 atom stereocenters. The number of pyridine rings is 1. The maximum atomic E-state index is 14.3. The molecule has 7 heteroatoms. The van der Waals surface area contributed by atoms with Crippen LogP contribution in [0.1, 0.15) is 36.6 Å². The molecule has 0 radical (unpaired) electrons. The van der Waals surface area contributed by atoms with Gasteiger partial charge in [0.15, 0.2) is 0 Å². The highest BCUT2D eigenvalue weighted by Crippen LogP contribution is 2.37. The maximum Gasteiger partial charge on any atom is 0.216 e. The summed E-state index contributed by atoms with van der Waals surface area (Å²) in [6.45, 7) is 8.34. The molecule has 160 valence electrons. The highest BCUT2D eigenvalue weighted by atomic mass is 35.5. The second-order valence-electron chi connectivity index (χ2n) is 7.32. The lowest BCUT2D eigenvalue weighted by molar-refractivity contribution is 0.131. The van der Waals surface area contributed by atoms with Crippen LogP contribution in [-0.2, 0) is 0 Å². The molecule has 4 nitrogen and oxygen atoms in total. The summed E-state index contributed by atoms with van der Waals surface area (Å²) in [6, 6.07) is 8.78. The van der Waals surface area contributed by atoms with E-state index in [1.165, 1.54) is 6.20 Å². The number of hydrogen-bond donors (Lipinski definition) is 1. The Hall–Kier alpha value is -2.08. The van der Waals surface area contributed by atoms with Gasteiger partial charge < -0.3 is 10.0 Å². The fourth-order valence-corrected chi connectivity index (χ4v) is 4.27. The van der Waals surface area contributed by atoms with Crippen molar-refractivity contribution in [2.45, 2.75) is 26.8 Å². The number of para-hydroxylation sites is 1. The molecule has 0 saturated carbocycles. The van der Waals surface area contributed by atoms with Crippen LogP contribution >= 0.6 is 23.2 Å². The van der Waals surface area contributed by atoms with E-state index < -0.39 is 5.95 Å². The Kier molecular flexibility index (Phi) is 7.40. The first-order chi connectivity index (χ1) is 14.3. The minimum absolute atomic E-state index is 0.194. The number of halogens is 3. The number of benzene rings is 1. The Balaban J connectivity index is 1.93. The maximum absolute atomic E-state index is 14.3. The minimum atomic E-state index is -0.489. The number of rotatable bonds is 5. The smallest absolute Gasteiger partial charge is 0.216 e. The molecule has 1 unspecified atom stereocenters. The van der Waals surface area contributed by atoms with E-state index in [9.17, 15) is 9.50 Å². The quantitative estimate of drug-likeness (QED) is 0.479. The summed E-state index contributed by atoms with van der Waals surface area (Å²) in [5, 5.41) is 11.7. The van der Waals surface area contributed by atoms with Gasteiger partial charge in [-0.2, -0.15) is 4.39 Å². The Labute approximate surface area is 187 Å². The van der Waals surface area contributed by atoms with Gasteiger partial charge in [0.1, 0.15) is 5.75 Å². The lowest BCUT2D eigenvalue weighted by Crippen LogP contribution is -2.47. The van der Waals surface area contributed by atoms with Crippen LogP contribution in [0.25, 0.3) is 0 Å². The summed E-state index contributed by atoms with van der Waals surface area (Å²) in [5.41, 5.74) is 2.96. The first kappa shape index (κ1) is 22.6. The zero-order chi connectivity index (χ0) is 21.8. The zero-order valence-electron chi connectivity index (χ0n) is 17.4. The van der Waals surface area contributed by atoms with E-state index >= 15 is 0 Å². The van der Waals surface area contributed by atoms with Crippen LogP contribution in [-0.4, -0.2) is 46.1 Å². The van der Waals surface area contributed by atoms with Gasteiger partial charge in [0.25, 0.3) is 0 Å². The lowest BCUT2D eigenvalue weighted by atomic mass is 9.93. The van der Waals surface area contributed by atoms with Gasteiger partial charge in [0, 0.05) is 48.5 Å². The summed E-state index contributed by atoms with van der Waals surface area (Å²) in [4.78, 5) is 8.23. The molecule has 0 spiro atoms. The lowest BCUT2D eigenvalue weighted by Gasteiger charge is -2.41. The average Bonchev–Trinajstić information content (AvgIpc) is 2.74. The highest BCUT2D eigenvalue weighted by Gasteiger charge is 2.30. The van der Waals surface area contributed by atoms with E-state index in [0.29, 0.717) is 28.7 Å². The molecule has 1 aromatic carbocycles. The van der Waals surface area contributed by atoms with Crippen molar-refractivity contribution in [3.63, 3.8) is 0 Å². The van der Waals surface area contributed by atoms with Gasteiger partial charge in [0.05, 0.1) is 16.8 Å². The molecule has 2 aromatic rings. The largest absolute Gasteiger partial charge is 0.508 e. The Morgan fingerprint density at radius 2 is 1.80 bits per heavy atom. The molecule has 1 fully saturated rings. The van der Waals surface area contributed by atoms with Gasteiger partial charge in [-0.25, -0.2) is 4.98 Å². The van der Waals surface area contributed by atoms with Crippen LogP contribution < -0.4 is 0 Å². The van der Waals surface area contributed by atoms with Crippen LogP contribution in [0.15, 0.2) is 58.4 Å². The number of nitrogens with zero attached hydrogens (tertiary/aromatic N) is 3. The Bertz CT molecular complexity index is 965. The number of allylic oxidation sites excluding steroid dienone is 3. The van der Waals surface area contributed by atoms with E-state index in [1.54, 1.807) is 26.0 Å². The van der Waals surface area contributed by atoms with Gasteiger partial charge >= 0.3 is 0 Å². The second kappa shape index (κ2) is 9.82. The SMILES string of the molecule is C/C=C(\C(Cl)=C(/C)Cl)N1CCN(C(c2ccccc2O)c2ccnc(F)c2C)CC1. The molecule has 1 aliphatic rings. The van der Waals surface area contributed by atoms with Crippen molar-refractivity contribution in [1.29, 1.82) is 0 Å². The molecule has 1 saturated heterocycles. The summed E-state index contributed by atoms with van der Waals surface area (Å²) >= 11 is 12.5. The average molecular weight is 450 g/mol. The predicted molar refractivity (Wildman–Crippen MR) is 120 cm³/mol. The van der Waals surface area contributed by atoms with Crippen molar-refractivity contribution in [3.05, 3.63) is 81.0 Å². The molecule has 0 amide bonds. The van der Waals surface area contributed by atoms with Crippen molar-refractivity contribution < 1.29 is 9.50 Å². The first-order valence-corrected chi connectivity index (χ1v) is 10.7. The van der Waals surface area contributed by atoms with Gasteiger partial charge in [-0.15, -0.1) is 0 Å². The van der Waals surface area contributed by atoms with E-state index in [2.05, 4.69) is 14.8 Å². The van der Waals surface area contributed by atoms with E-state index in [4.69, 9.17) is 23.2 Å². The monoisotopic (exact) mass is 449 g/mol. The number of piperazine rings is 1. The van der Waals surface area contributed by atoms with Crippen LogP contribution in [0.2, 0.25) is 0 Å². The highest BCUT2D eigenvalue weighted by molar-refractivity contribution is 6.40. The van der Waals surface area contributed by atoms with Crippen molar-refractivity contribution >= 4 is 23.2 Å². The fraction of sp³-hybridized carbons (Fsp3) is 0.348. The standard InChI is InChI=1S/C23H26Cl2FN3O/c1-4-19(21(25)16(3)24)28-11-13-29(14-12-28)22(18-7-5-6-8-20(18)30)17-9-10-27-23(26)15(17)2/h4-10,22,30H,11-14H2,1-3H3/b19-4+,21-16-. The van der Waals surface area contributed by atoms with E-state index in [1.807, 2.05) is 31.2 Å². The molecular weight excluding hydrogens is 424 g/mol. The van der Waals surface area contributed by atoms with Crippen molar-refractivity contribution in [2.75, 3.05) is 26.2 Å². The number of aromatic hydroxyl groups is 1. The topological polar surface area (TPSA) is 39.6 Å². The Morgan fingerprint density at radius 1 is 1.13 bits per heavy atom. The number of phenolic OH excluding ortho intramolecular Hbond substituents is 1. The van der Waals surface area contributed by atoms with E-state index in [0.717, 1.165) is 29.9 Å². The van der Waals surface area contributed by atoms with Crippen molar-refractivity contribution in [3.8, 4) is 5.75 Å². The summed E-state index contributed by atoms with van der Waals surface area (Å²) in [7, 11) is 0. The number of aromatic nitrogens is 1. The van der Waals surface area contributed by atoms with Gasteiger partial charge in [0.2, 0.25) is 5.95 Å². The van der Waals surface area contributed by atoms with Crippen molar-refractivity contribution in [1.82, 2.24) is 14.8 Å². The molecule has 1 N–H and O–H groups in total. The fourth-order valence-electron chi connectivity index (χ4n) is 3.95. The van der Waals surface area contributed by atoms with Gasteiger partial charge in [-0.3, -0.25) is 4.90 Å². The van der Waals surface area contributed by atoms with Gasteiger partial charge in [-0.1, -0.05) is 47.5 Å². The predicted octanol–water partition coefficient (Wildman–Crippen LogP) is 5.55. The minimum Gasteiger partial charge on any atom is -0.508 e. The third kappa shape index (κ3) is 4.64. The van der Waals surface area contributed by atoms with E-state index in [-0.39, 0.29) is 11.8 Å². The number of phenols is 1. The third-order valence-corrected chi connectivity index (χ3v) is 6.29. The van der Waals surface area contributed by atoms with Crippen molar-refractivity contribution in [2.24, 2.45) is 0 Å². The summed E-state index contributed by atoms with van der Waals surface area (Å²) in [6.07, 6.45) is 3.44. The van der Waals surface area contributed by atoms with Crippen LogP contribution in [0.3, 0.4) is 0 Å². The number of hydrogen-bond acceptors (Lipinski definition) is 4. The third-order valence-electron chi connectivity index (χ3n) is 5.53. The molecule has 30 heavy (non-hydrogen) atoms.